The first-order valence-electron chi connectivity index (χ1n) is 19.6. The Morgan fingerprint density at radius 1 is 0.656 bits per heavy atom. The number of halogens is 4. The van der Waals surface area contributed by atoms with E-state index in [0.29, 0.717) is 22.9 Å². The van der Waals surface area contributed by atoms with E-state index in [-0.39, 0.29) is 78.0 Å². The van der Waals surface area contributed by atoms with Crippen LogP contribution < -0.4 is 31.9 Å². The van der Waals surface area contributed by atoms with Gasteiger partial charge in [-0.15, -0.1) is 0 Å². The van der Waals surface area contributed by atoms with Gasteiger partial charge in [-0.25, -0.2) is 0 Å². The summed E-state index contributed by atoms with van der Waals surface area (Å²) in [6.07, 6.45) is -1.42. The zero-order chi connectivity index (χ0) is 44.8. The summed E-state index contributed by atoms with van der Waals surface area (Å²) in [4.78, 5) is 88.8. The van der Waals surface area contributed by atoms with Gasteiger partial charge >= 0.3 is 20.2 Å². The lowest BCUT2D eigenvalue weighted by Gasteiger charge is -2.22. The summed E-state index contributed by atoms with van der Waals surface area (Å²) in [5.41, 5.74) is 0.229. The van der Waals surface area contributed by atoms with Crippen LogP contribution in [0.1, 0.15) is 74.1 Å². The van der Waals surface area contributed by atoms with Crippen molar-refractivity contribution in [2.75, 3.05) is 32.8 Å². The molecule has 4 rings (SSSR count). The molecule has 2 aliphatic heterocycles. The van der Waals surface area contributed by atoms with E-state index in [1.807, 2.05) is 27.7 Å². The molecule has 17 nitrogen and oxygen atoms in total. The highest BCUT2D eigenvalue weighted by atomic mass is 35.5. The molecule has 2 aromatic carbocycles. The number of carbonyl (C=O) groups excluding carboxylic acids is 7. The lowest BCUT2D eigenvalue weighted by Crippen LogP contribution is -2.51. The Labute approximate surface area is 374 Å². The third kappa shape index (κ3) is 16.3. The average Bonchev–Trinajstić information content (AvgIpc) is 3.81. The zero-order valence-electron chi connectivity index (χ0n) is 33.9. The summed E-state index contributed by atoms with van der Waals surface area (Å²) >= 11 is 24.1. The van der Waals surface area contributed by atoms with Gasteiger partial charge in [0.05, 0.1) is 71.7 Å². The number of nitrogens with one attached hydrogen (secondary N) is 6. The highest BCUT2D eigenvalue weighted by Gasteiger charge is 2.47. The molecular weight excluding hydrogens is 880 g/mol. The van der Waals surface area contributed by atoms with Gasteiger partial charge in [-0.2, -0.15) is 0 Å². The molecule has 2 fully saturated rings. The summed E-state index contributed by atoms with van der Waals surface area (Å²) in [5.74, 6) is -5.08. The van der Waals surface area contributed by atoms with Crippen molar-refractivity contribution in [2.45, 2.75) is 77.5 Å². The van der Waals surface area contributed by atoms with Crippen molar-refractivity contribution >= 4 is 102 Å². The molecule has 2 aliphatic rings. The fraction of sp³-hybridized carbons (Fsp3) is 0.500. The van der Waals surface area contributed by atoms with E-state index < -0.39 is 80.4 Å². The molecule has 6 N–H and O–H groups in total. The van der Waals surface area contributed by atoms with Gasteiger partial charge in [0.25, 0.3) is 11.8 Å². The van der Waals surface area contributed by atoms with Crippen LogP contribution >= 0.6 is 46.4 Å². The zero-order valence-corrected chi connectivity index (χ0v) is 37.0. The van der Waals surface area contributed by atoms with Crippen LogP contribution in [0.5, 0.6) is 0 Å². The predicted octanol–water partition coefficient (Wildman–Crippen LogP) is 2.95. The van der Waals surface area contributed by atoms with E-state index in [1.165, 1.54) is 30.3 Å². The van der Waals surface area contributed by atoms with Crippen LogP contribution in [0.25, 0.3) is 0 Å². The SMILES string of the molecule is CC(C)C[C@H](NC(=O)CNC(=O)c1cc(Cl)ccc1Cl)B1OC[C@@H](CC(=O)NCCNC(=O)C[C@H]2OB([C@H](CC(C)C)NC(=O)CNC(=O)c3cc(Cl)ccc3Cl)OC2=O)O1. The maximum atomic E-state index is 12.8. The minimum atomic E-state index is -1.24. The Morgan fingerprint density at radius 2 is 1.13 bits per heavy atom. The average molecular weight is 928 g/mol. The van der Waals surface area contributed by atoms with Crippen molar-refractivity contribution in [3.05, 3.63) is 67.6 Å². The Balaban J connectivity index is 1.15. The molecule has 61 heavy (non-hydrogen) atoms. The molecule has 6 amide bonds. The molecule has 0 spiro atoms. The summed E-state index contributed by atoms with van der Waals surface area (Å²) in [5, 5.41) is 16.8. The molecule has 0 bridgehead atoms. The smallest absolute Gasteiger partial charge is 0.506 e. The third-order valence-electron chi connectivity index (χ3n) is 9.09. The summed E-state index contributed by atoms with van der Waals surface area (Å²) in [7, 11) is -2.02. The Kier molecular flexibility index (Phi) is 19.4. The van der Waals surface area contributed by atoms with Crippen molar-refractivity contribution in [1.29, 1.82) is 0 Å². The van der Waals surface area contributed by atoms with Gasteiger partial charge in [0, 0.05) is 23.1 Å². The standard InChI is InChI=1S/C38H48B2Cl4N6O11/c1-20(2)11-30(49-34(53)17-47-36(55)25-13-22(41)5-7-27(25)43)39-58-19-24(59-39)15-32(51)45-9-10-46-33(52)16-29-38(57)61-40(60-29)31(12-21(3)4)50-35(54)18-48-37(56)26-14-23(42)6-8-28(26)44/h5-8,13-14,20-21,24,29-31H,9-12,15-19H2,1-4H3,(H,45,51)(H,46,52)(H,47,55)(H,48,56)(H,49,53)(H,50,54)/t24-,29-,30+,31+/m1/s1. The maximum absolute atomic E-state index is 12.8. The Bertz CT molecular complexity index is 1930. The number of benzene rings is 2. The summed E-state index contributed by atoms with van der Waals surface area (Å²) in [6, 6.07) is 8.79. The first kappa shape index (κ1) is 49.6. The molecular formula is C38H48B2Cl4N6O11. The van der Waals surface area contributed by atoms with Crippen molar-refractivity contribution in [3.8, 4) is 0 Å². The number of carbonyl (C=O) groups is 7. The lowest BCUT2D eigenvalue weighted by molar-refractivity contribution is -0.139. The number of hydrogen-bond acceptors (Lipinski definition) is 11. The van der Waals surface area contributed by atoms with E-state index in [1.54, 1.807) is 6.07 Å². The van der Waals surface area contributed by atoms with E-state index in [0.717, 1.165) is 0 Å². The van der Waals surface area contributed by atoms with Gasteiger partial charge in [-0.05, 0) is 61.1 Å². The van der Waals surface area contributed by atoms with Gasteiger partial charge in [-0.3, -0.25) is 33.6 Å². The quantitative estimate of drug-likeness (QED) is 0.0788. The van der Waals surface area contributed by atoms with Gasteiger partial charge in [0.15, 0.2) is 0 Å². The predicted molar refractivity (Wildman–Crippen MR) is 229 cm³/mol. The molecule has 0 aromatic heterocycles. The van der Waals surface area contributed by atoms with E-state index >= 15 is 0 Å². The second-order valence-corrected chi connectivity index (χ2v) is 16.9. The molecule has 2 saturated heterocycles. The van der Waals surface area contributed by atoms with E-state index in [9.17, 15) is 33.6 Å². The molecule has 23 heteroatoms. The molecule has 330 valence electrons. The van der Waals surface area contributed by atoms with Crippen LogP contribution in [0.15, 0.2) is 36.4 Å². The van der Waals surface area contributed by atoms with Gasteiger partial charge in [-0.1, -0.05) is 74.1 Å². The van der Waals surface area contributed by atoms with Crippen LogP contribution in [-0.2, 0) is 42.6 Å². The van der Waals surface area contributed by atoms with E-state index in [4.69, 9.17) is 65.0 Å². The molecule has 2 aromatic rings. The second kappa shape index (κ2) is 23.9. The molecule has 0 unspecified atom stereocenters. The van der Waals surface area contributed by atoms with Crippen LogP contribution in [0, 0.1) is 11.8 Å². The Hall–Kier alpha value is -4.10. The topological polar surface area (TPSA) is 229 Å². The fourth-order valence-corrected chi connectivity index (χ4v) is 7.07. The van der Waals surface area contributed by atoms with Crippen molar-refractivity contribution in [2.24, 2.45) is 11.8 Å². The highest BCUT2D eigenvalue weighted by molar-refractivity contribution is 6.51. The molecule has 0 saturated carbocycles. The van der Waals surface area contributed by atoms with Crippen LogP contribution in [-0.4, -0.2) is 113 Å². The van der Waals surface area contributed by atoms with Gasteiger partial charge in [0.2, 0.25) is 23.6 Å². The molecule has 2 heterocycles. The number of hydrogen-bond donors (Lipinski definition) is 6. The second-order valence-electron chi connectivity index (χ2n) is 15.2. The van der Waals surface area contributed by atoms with Crippen LogP contribution in [0.4, 0.5) is 0 Å². The number of amides is 6. The largest absolute Gasteiger partial charge is 0.552 e. The number of rotatable bonds is 21. The van der Waals surface area contributed by atoms with Crippen molar-refractivity contribution in [3.63, 3.8) is 0 Å². The lowest BCUT2D eigenvalue weighted by atomic mass is 9.74. The van der Waals surface area contributed by atoms with Gasteiger partial charge < -0.3 is 50.5 Å². The monoisotopic (exact) mass is 926 g/mol. The summed E-state index contributed by atoms with van der Waals surface area (Å²) in [6.45, 7) is 7.18. The maximum Gasteiger partial charge on any atom is 0.552 e. The van der Waals surface area contributed by atoms with Gasteiger partial charge in [0.1, 0.15) is 6.10 Å². The fourth-order valence-electron chi connectivity index (χ4n) is 6.32. The Morgan fingerprint density at radius 3 is 1.62 bits per heavy atom. The molecule has 4 atom stereocenters. The molecule has 0 radical (unpaired) electrons. The van der Waals surface area contributed by atoms with Crippen molar-refractivity contribution in [1.82, 2.24) is 31.9 Å². The third-order valence-corrected chi connectivity index (χ3v) is 10.2. The van der Waals surface area contributed by atoms with Crippen LogP contribution in [0.3, 0.4) is 0 Å². The first-order chi connectivity index (χ1) is 28.9. The minimum absolute atomic E-state index is 0.0428. The van der Waals surface area contributed by atoms with Crippen LogP contribution in [0.2, 0.25) is 20.1 Å². The first-order valence-corrected chi connectivity index (χ1v) is 21.1. The minimum Gasteiger partial charge on any atom is -0.506 e. The summed E-state index contributed by atoms with van der Waals surface area (Å²) < 4.78 is 22.9. The van der Waals surface area contributed by atoms with E-state index in [2.05, 4.69) is 31.9 Å². The normalized spacial score (nSPS) is 17.1. The molecule has 0 aliphatic carbocycles. The highest BCUT2D eigenvalue weighted by Crippen LogP contribution is 2.23. The van der Waals surface area contributed by atoms with Crippen molar-refractivity contribution < 1.29 is 52.2 Å².